The molecule has 0 bridgehead atoms. The van der Waals surface area contributed by atoms with Crippen LogP contribution < -0.4 is 4.74 Å². The van der Waals surface area contributed by atoms with Crippen molar-refractivity contribution in [1.29, 1.82) is 5.26 Å². The predicted molar refractivity (Wildman–Crippen MR) is 69.7 cm³/mol. The molecule has 2 aromatic rings. The smallest absolute Gasteiger partial charge is 0.203 e. The van der Waals surface area contributed by atoms with Crippen molar-refractivity contribution in [3.8, 4) is 29.3 Å². The van der Waals surface area contributed by atoms with E-state index in [0.717, 1.165) is 5.56 Å². The van der Waals surface area contributed by atoms with E-state index in [1.807, 2.05) is 19.1 Å². The lowest BCUT2D eigenvalue weighted by Crippen LogP contribution is -1.98. The SMILES string of the molecule is COc1ccc(C)cc1-n1c(O)cc(CC#N)c1O. The zero-order valence-corrected chi connectivity index (χ0v) is 10.7. The number of ether oxygens (including phenoxy) is 1. The normalized spacial score (nSPS) is 10.2. The van der Waals surface area contributed by atoms with Gasteiger partial charge in [-0.15, -0.1) is 0 Å². The van der Waals surface area contributed by atoms with E-state index >= 15 is 0 Å². The molecule has 5 nitrogen and oxygen atoms in total. The molecular formula is C14H14N2O3. The van der Waals surface area contributed by atoms with Crippen molar-refractivity contribution in [2.24, 2.45) is 0 Å². The molecule has 0 aliphatic carbocycles. The number of aromatic hydroxyl groups is 2. The Balaban J connectivity index is 2.65. The van der Waals surface area contributed by atoms with E-state index in [0.29, 0.717) is 17.0 Å². The lowest BCUT2D eigenvalue weighted by atomic mass is 10.2. The zero-order valence-electron chi connectivity index (χ0n) is 10.7. The fourth-order valence-corrected chi connectivity index (χ4v) is 1.96. The molecule has 0 unspecified atom stereocenters. The van der Waals surface area contributed by atoms with Crippen LogP contribution in [0.4, 0.5) is 0 Å². The Morgan fingerprint density at radius 3 is 2.68 bits per heavy atom. The number of nitrogens with zero attached hydrogens (tertiary/aromatic N) is 2. The highest BCUT2D eigenvalue weighted by Crippen LogP contribution is 2.36. The molecule has 19 heavy (non-hydrogen) atoms. The molecule has 2 N–H and O–H groups in total. The Morgan fingerprint density at radius 1 is 1.32 bits per heavy atom. The van der Waals surface area contributed by atoms with Crippen LogP contribution in [0.25, 0.3) is 5.69 Å². The molecule has 1 heterocycles. The summed E-state index contributed by atoms with van der Waals surface area (Å²) < 4.78 is 6.49. The maximum absolute atomic E-state index is 10.1. The number of methoxy groups -OCH3 is 1. The van der Waals surface area contributed by atoms with Gasteiger partial charge in [0.05, 0.1) is 25.3 Å². The van der Waals surface area contributed by atoms with Crippen molar-refractivity contribution in [3.63, 3.8) is 0 Å². The highest BCUT2D eigenvalue weighted by atomic mass is 16.5. The third kappa shape index (κ3) is 2.20. The highest BCUT2D eigenvalue weighted by Gasteiger charge is 2.18. The van der Waals surface area contributed by atoms with E-state index in [9.17, 15) is 10.2 Å². The first-order valence-corrected chi connectivity index (χ1v) is 5.73. The van der Waals surface area contributed by atoms with Crippen LogP contribution in [0.5, 0.6) is 17.5 Å². The van der Waals surface area contributed by atoms with Crippen LogP contribution in [-0.2, 0) is 6.42 Å². The van der Waals surface area contributed by atoms with E-state index in [1.165, 1.54) is 17.7 Å². The molecule has 0 spiro atoms. The summed E-state index contributed by atoms with van der Waals surface area (Å²) in [5.74, 6) is 0.241. The Labute approximate surface area is 110 Å². The van der Waals surface area contributed by atoms with Gasteiger partial charge in [-0.3, -0.25) is 0 Å². The molecule has 1 aromatic heterocycles. The Morgan fingerprint density at radius 2 is 2.05 bits per heavy atom. The van der Waals surface area contributed by atoms with Crippen LogP contribution in [0.3, 0.4) is 0 Å². The van der Waals surface area contributed by atoms with Gasteiger partial charge in [-0.05, 0) is 24.6 Å². The molecule has 0 atom stereocenters. The molecule has 0 aliphatic heterocycles. The number of benzene rings is 1. The quantitative estimate of drug-likeness (QED) is 0.885. The van der Waals surface area contributed by atoms with Gasteiger partial charge in [0, 0.05) is 11.6 Å². The molecule has 1 aromatic carbocycles. The summed E-state index contributed by atoms with van der Waals surface area (Å²) in [7, 11) is 1.52. The molecule has 0 fully saturated rings. The molecule has 0 saturated heterocycles. The maximum Gasteiger partial charge on any atom is 0.203 e. The van der Waals surface area contributed by atoms with Crippen molar-refractivity contribution in [2.75, 3.05) is 7.11 Å². The average molecular weight is 258 g/mol. The molecular weight excluding hydrogens is 244 g/mol. The van der Waals surface area contributed by atoms with Gasteiger partial charge < -0.3 is 14.9 Å². The van der Waals surface area contributed by atoms with E-state index in [-0.39, 0.29) is 18.2 Å². The zero-order chi connectivity index (χ0) is 14.0. The monoisotopic (exact) mass is 258 g/mol. The van der Waals surface area contributed by atoms with Crippen LogP contribution in [-0.4, -0.2) is 21.9 Å². The first-order valence-electron chi connectivity index (χ1n) is 5.73. The standard InChI is InChI=1S/C14H14N2O3/c1-9-3-4-12(19-2)11(7-9)16-13(17)8-10(5-6-15)14(16)18/h3-4,7-8,17-18H,5H2,1-2H3. The minimum Gasteiger partial charge on any atom is -0.495 e. The van der Waals surface area contributed by atoms with Gasteiger partial charge in [0.1, 0.15) is 5.75 Å². The summed E-state index contributed by atoms with van der Waals surface area (Å²) in [6, 6.07) is 8.73. The number of hydrogen-bond donors (Lipinski definition) is 2. The van der Waals surface area contributed by atoms with E-state index in [4.69, 9.17) is 10.00 Å². The molecule has 5 heteroatoms. The number of aromatic nitrogens is 1. The lowest BCUT2D eigenvalue weighted by Gasteiger charge is -2.12. The Bertz CT molecular complexity index is 653. The summed E-state index contributed by atoms with van der Waals surface area (Å²) in [5.41, 5.74) is 1.87. The second kappa shape index (κ2) is 4.94. The topological polar surface area (TPSA) is 78.4 Å². The van der Waals surface area contributed by atoms with E-state index in [2.05, 4.69) is 0 Å². The summed E-state index contributed by atoms with van der Waals surface area (Å²) in [5, 5.41) is 28.7. The van der Waals surface area contributed by atoms with E-state index < -0.39 is 0 Å². The molecule has 98 valence electrons. The second-order valence-electron chi connectivity index (χ2n) is 4.20. The molecule has 2 rings (SSSR count). The third-order valence-corrected chi connectivity index (χ3v) is 2.88. The second-order valence-corrected chi connectivity index (χ2v) is 4.20. The largest absolute Gasteiger partial charge is 0.495 e. The molecule has 0 radical (unpaired) electrons. The van der Waals surface area contributed by atoms with Gasteiger partial charge in [-0.25, -0.2) is 4.57 Å². The number of aryl methyl sites for hydroxylation is 1. The third-order valence-electron chi connectivity index (χ3n) is 2.88. The minimum absolute atomic E-state index is 0.0283. The fraction of sp³-hybridized carbons (Fsp3) is 0.214. The first kappa shape index (κ1) is 12.8. The number of hydrogen-bond acceptors (Lipinski definition) is 4. The summed E-state index contributed by atoms with van der Waals surface area (Å²) in [6.45, 7) is 1.90. The fourth-order valence-electron chi connectivity index (χ4n) is 1.96. The van der Waals surface area contributed by atoms with Gasteiger partial charge in [0.2, 0.25) is 5.88 Å². The summed E-state index contributed by atoms with van der Waals surface area (Å²) in [6.07, 6.45) is 0.0283. The van der Waals surface area contributed by atoms with Crippen molar-refractivity contribution in [2.45, 2.75) is 13.3 Å². The maximum atomic E-state index is 10.1. The van der Waals surface area contributed by atoms with Crippen molar-refractivity contribution < 1.29 is 14.9 Å². The Hall–Kier alpha value is -2.61. The summed E-state index contributed by atoms with van der Waals surface area (Å²) >= 11 is 0. The van der Waals surface area contributed by atoms with Crippen molar-refractivity contribution in [1.82, 2.24) is 4.57 Å². The van der Waals surface area contributed by atoms with Crippen LogP contribution in [0.1, 0.15) is 11.1 Å². The molecule has 0 aliphatic rings. The Kier molecular flexibility index (Phi) is 3.34. The van der Waals surface area contributed by atoms with Gasteiger partial charge in [-0.1, -0.05) is 6.07 Å². The van der Waals surface area contributed by atoms with Crippen LogP contribution >= 0.6 is 0 Å². The summed E-state index contributed by atoms with van der Waals surface area (Å²) in [4.78, 5) is 0. The van der Waals surface area contributed by atoms with Gasteiger partial charge in [0.25, 0.3) is 0 Å². The first-order chi connectivity index (χ1) is 9.08. The van der Waals surface area contributed by atoms with Crippen LogP contribution in [0.2, 0.25) is 0 Å². The predicted octanol–water partition coefficient (Wildman–Crippen LogP) is 2.27. The highest BCUT2D eigenvalue weighted by molar-refractivity contribution is 5.55. The minimum atomic E-state index is -0.150. The van der Waals surface area contributed by atoms with E-state index in [1.54, 1.807) is 12.1 Å². The van der Waals surface area contributed by atoms with Gasteiger partial charge >= 0.3 is 0 Å². The average Bonchev–Trinajstić information content (AvgIpc) is 2.65. The van der Waals surface area contributed by atoms with Crippen LogP contribution in [0, 0.1) is 18.3 Å². The van der Waals surface area contributed by atoms with Crippen LogP contribution in [0.15, 0.2) is 24.3 Å². The number of rotatable bonds is 3. The van der Waals surface area contributed by atoms with Crippen molar-refractivity contribution in [3.05, 3.63) is 35.4 Å². The lowest BCUT2D eigenvalue weighted by molar-refractivity contribution is 0.385. The molecule has 0 saturated carbocycles. The number of nitriles is 1. The van der Waals surface area contributed by atoms with Gasteiger partial charge in [0.15, 0.2) is 5.88 Å². The van der Waals surface area contributed by atoms with Crippen molar-refractivity contribution >= 4 is 0 Å². The van der Waals surface area contributed by atoms with Gasteiger partial charge in [-0.2, -0.15) is 5.26 Å². The molecule has 0 amide bonds.